The number of methoxy groups -OCH3 is 1. The van der Waals surface area contributed by atoms with Gasteiger partial charge in [-0.2, -0.15) is 0 Å². The van der Waals surface area contributed by atoms with Gasteiger partial charge in [0.1, 0.15) is 12.6 Å². The standard InChI is InChI=1S/C17H30N2O4.ClH/c1-4-6-13-8-15(17(21)22)19(10-13)11-14(7-5-2)9-18-16(20)12-23-3;/h4,6,13-15H,5,7-12H2,1-3H3,(H,18,20)(H,21,22);1H/t13-,14?,15-;/m1./s1. The van der Waals surface area contributed by atoms with Crippen molar-refractivity contribution in [3.05, 3.63) is 12.2 Å². The van der Waals surface area contributed by atoms with E-state index in [0.717, 1.165) is 19.4 Å². The monoisotopic (exact) mass is 362 g/mol. The number of carbonyl (C=O) groups excluding carboxylic acids is 1. The van der Waals surface area contributed by atoms with Gasteiger partial charge < -0.3 is 15.2 Å². The van der Waals surface area contributed by atoms with Crippen LogP contribution in [0.15, 0.2) is 12.2 Å². The van der Waals surface area contributed by atoms with E-state index in [9.17, 15) is 14.7 Å². The molecule has 1 amide bonds. The number of nitrogens with one attached hydrogen (secondary N) is 1. The minimum absolute atomic E-state index is 0. The average molecular weight is 363 g/mol. The molecule has 0 spiro atoms. The van der Waals surface area contributed by atoms with Gasteiger partial charge in [0.2, 0.25) is 5.91 Å². The van der Waals surface area contributed by atoms with Gasteiger partial charge in [-0.3, -0.25) is 14.5 Å². The number of carbonyl (C=O) groups is 2. The first-order valence-corrected chi connectivity index (χ1v) is 8.37. The minimum Gasteiger partial charge on any atom is -0.480 e. The summed E-state index contributed by atoms with van der Waals surface area (Å²) in [5.41, 5.74) is 0. The molecule has 3 atom stereocenters. The van der Waals surface area contributed by atoms with E-state index < -0.39 is 12.0 Å². The second kappa shape index (κ2) is 12.3. The molecule has 0 aliphatic carbocycles. The van der Waals surface area contributed by atoms with Gasteiger partial charge in [-0.15, -0.1) is 12.4 Å². The topological polar surface area (TPSA) is 78.9 Å². The molecular weight excluding hydrogens is 332 g/mol. The van der Waals surface area contributed by atoms with E-state index in [1.807, 2.05) is 13.0 Å². The van der Waals surface area contributed by atoms with E-state index in [1.165, 1.54) is 7.11 Å². The predicted molar refractivity (Wildman–Crippen MR) is 96.4 cm³/mol. The van der Waals surface area contributed by atoms with Crippen molar-refractivity contribution in [2.24, 2.45) is 11.8 Å². The van der Waals surface area contributed by atoms with Crippen LogP contribution >= 0.6 is 12.4 Å². The number of aliphatic carboxylic acids is 1. The fourth-order valence-corrected chi connectivity index (χ4v) is 3.25. The van der Waals surface area contributed by atoms with E-state index in [-0.39, 0.29) is 30.8 Å². The molecule has 1 heterocycles. The van der Waals surface area contributed by atoms with Crippen molar-refractivity contribution in [1.82, 2.24) is 10.2 Å². The molecule has 1 unspecified atom stereocenters. The van der Waals surface area contributed by atoms with E-state index >= 15 is 0 Å². The molecule has 0 bridgehead atoms. The van der Waals surface area contributed by atoms with Crippen LogP contribution in [0, 0.1) is 11.8 Å². The number of hydrogen-bond acceptors (Lipinski definition) is 4. The normalized spacial score (nSPS) is 22.3. The second-order valence-corrected chi connectivity index (χ2v) is 6.22. The lowest BCUT2D eigenvalue weighted by molar-refractivity contribution is -0.142. The van der Waals surface area contributed by atoms with Crippen LogP contribution in [0.3, 0.4) is 0 Å². The first kappa shape index (κ1) is 22.9. The summed E-state index contributed by atoms with van der Waals surface area (Å²) in [5.74, 6) is -0.328. The number of rotatable bonds is 10. The minimum atomic E-state index is -0.754. The maximum absolute atomic E-state index is 11.5. The van der Waals surface area contributed by atoms with Crippen LogP contribution in [0.5, 0.6) is 0 Å². The Balaban J connectivity index is 0.00000529. The number of halogens is 1. The Morgan fingerprint density at radius 3 is 2.71 bits per heavy atom. The Hall–Kier alpha value is -1.11. The Morgan fingerprint density at radius 1 is 1.46 bits per heavy atom. The summed E-state index contributed by atoms with van der Waals surface area (Å²) < 4.78 is 4.81. The molecule has 24 heavy (non-hydrogen) atoms. The molecular formula is C17H31ClN2O4. The smallest absolute Gasteiger partial charge is 0.320 e. The first-order chi connectivity index (χ1) is 11.0. The lowest BCUT2D eigenvalue weighted by Crippen LogP contribution is -2.42. The number of amides is 1. The molecule has 2 N–H and O–H groups in total. The van der Waals surface area contributed by atoms with Gasteiger partial charge in [0, 0.05) is 26.7 Å². The van der Waals surface area contributed by atoms with Crippen LogP contribution in [-0.2, 0) is 14.3 Å². The number of likely N-dealkylation sites (tertiary alicyclic amines) is 1. The summed E-state index contributed by atoms with van der Waals surface area (Å²) in [4.78, 5) is 25.1. The number of allylic oxidation sites excluding steroid dienone is 1. The van der Waals surface area contributed by atoms with Crippen molar-refractivity contribution in [2.45, 2.75) is 39.2 Å². The lowest BCUT2D eigenvalue weighted by Gasteiger charge is -2.27. The molecule has 140 valence electrons. The zero-order chi connectivity index (χ0) is 17.2. The maximum Gasteiger partial charge on any atom is 0.320 e. The highest BCUT2D eigenvalue weighted by molar-refractivity contribution is 5.85. The van der Waals surface area contributed by atoms with Crippen LogP contribution in [0.4, 0.5) is 0 Å². The van der Waals surface area contributed by atoms with Crippen LogP contribution in [0.1, 0.15) is 33.1 Å². The highest BCUT2D eigenvalue weighted by atomic mass is 35.5. The van der Waals surface area contributed by atoms with E-state index in [1.54, 1.807) is 0 Å². The zero-order valence-electron chi connectivity index (χ0n) is 14.9. The SMILES string of the molecule is CC=C[C@@H]1C[C@H](C(=O)O)N(CC(CCC)CNC(=O)COC)C1.Cl. The van der Waals surface area contributed by atoms with Gasteiger partial charge in [0.25, 0.3) is 0 Å². The van der Waals surface area contributed by atoms with Crippen molar-refractivity contribution in [1.29, 1.82) is 0 Å². The molecule has 1 saturated heterocycles. The highest BCUT2D eigenvalue weighted by Gasteiger charge is 2.36. The lowest BCUT2D eigenvalue weighted by atomic mass is 10.0. The fourth-order valence-electron chi connectivity index (χ4n) is 3.25. The molecule has 1 aliphatic rings. The molecule has 1 aliphatic heterocycles. The van der Waals surface area contributed by atoms with Gasteiger partial charge in [0.15, 0.2) is 0 Å². The third-order valence-electron chi connectivity index (χ3n) is 4.24. The Bertz CT molecular complexity index is 417. The third kappa shape index (κ3) is 7.64. The van der Waals surface area contributed by atoms with Gasteiger partial charge in [-0.25, -0.2) is 0 Å². The van der Waals surface area contributed by atoms with Gasteiger partial charge >= 0.3 is 5.97 Å². The fraction of sp³-hybridized carbons (Fsp3) is 0.765. The number of hydrogen-bond donors (Lipinski definition) is 2. The van der Waals surface area contributed by atoms with Crippen LogP contribution in [-0.4, -0.2) is 61.3 Å². The molecule has 0 radical (unpaired) electrons. The number of ether oxygens (including phenoxy) is 1. The Kier molecular flexibility index (Phi) is 11.7. The molecule has 0 aromatic rings. The molecule has 1 fully saturated rings. The Morgan fingerprint density at radius 2 is 2.17 bits per heavy atom. The molecule has 6 nitrogen and oxygen atoms in total. The van der Waals surface area contributed by atoms with Crippen LogP contribution in [0.2, 0.25) is 0 Å². The van der Waals surface area contributed by atoms with E-state index in [2.05, 4.69) is 23.2 Å². The van der Waals surface area contributed by atoms with Gasteiger partial charge in [0.05, 0.1) is 0 Å². The second-order valence-electron chi connectivity index (χ2n) is 6.22. The van der Waals surface area contributed by atoms with Crippen molar-refractivity contribution >= 4 is 24.3 Å². The molecule has 0 aromatic carbocycles. The van der Waals surface area contributed by atoms with Crippen molar-refractivity contribution in [3.63, 3.8) is 0 Å². The summed E-state index contributed by atoms with van der Waals surface area (Å²) >= 11 is 0. The summed E-state index contributed by atoms with van der Waals surface area (Å²) in [7, 11) is 1.49. The number of carboxylic acids is 1. The van der Waals surface area contributed by atoms with Gasteiger partial charge in [-0.05, 0) is 31.6 Å². The zero-order valence-corrected chi connectivity index (χ0v) is 15.7. The average Bonchev–Trinajstić information content (AvgIpc) is 2.89. The Labute approximate surface area is 151 Å². The quantitative estimate of drug-likeness (QED) is 0.580. The summed E-state index contributed by atoms with van der Waals surface area (Å²) in [5, 5.41) is 12.3. The van der Waals surface area contributed by atoms with E-state index in [0.29, 0.717) is 25.4 Å². The first-order valence-electron chi connectivity index (χ1n) is 8.37. The van der Waals surface area contributed by atoms with Crippen molar-refractivity contribution in [2.75, 3.05) is 33.4 Å². The maximum atomic E-state index is 11.5. The summed E-state index contributed by atoms with van der Waals surface area (Å²) in [6, 6.07) is -0.426. The molecule has 7 heteroatoms. The predicted octanol–water partition coefficient (Wildman–Crippen LogP) is 1.94. The third-order valence-corrected chi connectivity index (χ3v) is 4.24. The summed E-state index contributed by atoms with van der Waals surface area (Å²) in [6.45, 7) is 6.16. The number of carboxylic acid groups (broad SMARTS) is 1. The van der Waals surface area contributed by atoms with Crippen molar-refractivity contribution in [3.8, 4) is 0 Å². The van der Waals surface area contributed by atoms with Crippen LogP contribution in [0.25, 0.3) is 0 Å². The molecule has 0 saturated carbocycles. The van der Waals surface area contributed by atoms with Gasteiger partial charge in [-0.1, -0.05) is 25.5 Å². The highest BCUT2D eigenvalue weighted by Crippen LogP contribution is 2.26. The van der Waals surface area contributed by atoms with E-state index in [4.69, 9.17) is 4.74 Å². The molecule has 0 aromatic heterocycles. The van der Waals surface area contributed by atoms with Crippen LogP contribution < -0.4 is 5.32 Å². The largest absolute Gasteiger partial charge is 0.480 e. The summed E-state index contributed by atoms with van der Waals surface area (Å²) in [6.07, 6.45) is 6.71. The molecule has 1 rings (SSSR count). The van der Waals surface area contributed by atoms with Crippen molar-refractivity contribution < 1.29 is 19.4 Å². The number of nitrogens with zero attached hydrogens (tertiary/aromatic N) is 1.